The fourth-order valence-corrected chi connectivity index (χ4v) is 2.85. The molecule has 0 atom stereocenters. The van der Waals surface area contributed by atoms with Gasteiger partial charge in [-0.2, -0.15) is 0 Å². The van der Waals surface area contributed by atoms with Crippen LogP contribution in [0.2, 0.25) is 0 Å². The summed E-state index contributed by atoms with van der Waals surface area (Å²) in [5, 5.41) is 23.5. The van der Waals surface area contributed by atoms with Gasteiger partial charge in [0.15, 0.2) is 11.5 Å². The predicted molar refractivity (Wildman–Crippen MR) is 73.0 cm³/mol. The highest BCUT2D eigenvalue weighted by Gasteiger charge is 2.14. The molecule has 0 spiro atoms. The number of aromatic hydroxyl groups is 2. The molecule has 1 aromatic heterocycles. The van der Waals surface area contributed by atoms with E-state index in [9.17, 15) is 15.0 Å². The second-order valence-electron chi connectivity index (χ2n) is 3.55. The lowest BCUT2D eigenvalue weighted by molar-refractivity contribution is 0.0948. The van der Waals surface area contributed by atoms with Crippen LogP contribution >= 0.6 is 27.3 Å². The van der Waals surface area contributed by atoms with Gasteiger partial charge in [-0.3, -0.25) is 4.79 Å². The normalized spacial score (nSPS) is 10.3. The zero-order valence-corrected chi connectivity index (χ0v) is 11.6. The molecule has 0 aliphatic heterocycles. The third-order valence-electron chi connectivity index (χ3n) is 2.36. The van der Waals surface area contributed by atoms with Crippen LogP contribution < -0.4 is 5.32 Å². The van der Waals surface area contributed by atoms with Crippen LogP contribution in [0.25, 0.3) is 0 Å². The Morgan fingerprint density at radius 3 is 2.78 bits per heavy atom. The van der Waals surface area contributed by atoms with Crippen molar-refractivity contribution in [1.29, 1.82) is 0 Å². The summed E-state index contributed by atoms with van der Waals surface area (Å²) in [7, 11) is 0. The molecule has 94 valence electrons. The van der Waals surface area contributed by atoms with Gasteiger partial charge >= 0.3 is 0 Å². The maximum atomic E-state index is 11.8. The molecule has 0 saturated heterocycles. The van der Waals surface area contributed by atoms with Crippen LogP contribution in [0.1, 0.15) is 15.2 Å². The molecule has 0 aliphatic rings. The van der Waals surface area contributed by atoms with Gasteiger partial charge in [0.1, 0.15) is 0 Å². The van der Waals surface area contributed by atoms with Crippen molar-refractivity contribution in [3.63, 3.8) is 0 Å². The molecule has 0 unspecified atom stereocenters. The lowest BCUT2D eigenvalue weighted by atomic mass is 10.1. The Hall–Kier alpha value is -1.53. The van der Waals surface area contributed by atoms with Crippen molar-refractivity contribution in [3.8, 4) is 11.5 Å². The van der Waals surface area contributed by atoms with Crippen LogP contribution in [0.3, 0.4) is 0 Å². The number of benzene rings is 1. The minimum Gasteiger partial charge on any atom is -0.504 e. The number of amides is 1. The molecule has 6 heteroatoms. The summed E-state index contributed by atoms with van der Waals surface area (Å²) < 4.78 is 0.938. The van der Waals surface area contributed by atoms with Gasteiger partial charge in [0.2, 0.25) is 0 Å². The van der Waals surface area contributed by atoms with E-state index in [0.29, 0.717) is 6.54 Å². The summed E-state index contributed by atoms with van der Waals surface area (Å²) in [6, 6.07) is 6.18. The Morgan fingerprint density at radius 1 is 1.33 bits per heavy atom. The number of rotatable bonds is 3. The fourth-order valence-electron chi connectivity index (χ4n) is 1.42. The van der Waals surface area contributed by atoms with Gasteiger partial charge in [0.25, 0.3) is 5.91 Å². The molecular formula is C12H10BrNO3S. The van der Waals surface area contributed by atoms with Crippen LogP contribution in [0.15, 0.2) is 34.1 Å². The second-order valence-corrected chi connectivity index (χ2v) is 5.40. The van der Waals surface area contributed by atoms with E-state index in [2.05, 4.69) is 21.2 Å². The molecule has 0 saturated carbocycles. The quantitative estimate of drug-likeness (QED) is 0.759. The Kier molecular flexibility index (Phi) is 3.88. The molecule has 2 aromatic rings. The molecule has 1 amide bonds. The number of nitrogens with one attached hydrogen (secondary N) is 1. The van der Waals surface area contributed by atoms with E-state index in [-0.39, 0.29) is 11.3 Å². The molecular weight excluding hydrogens is 318 g/mol. The topological polar surface area (TPSA) is 69.6 Å². The average Bonchev–Trinajstić information content (AvgIpc) is 2.75. The first-order chi connectivity index (χ1) is 8.59. The number of carbonyl (C=O) groups is 1. The van der Waals surface area contributed by atoms with Crippen LogP contribution in [-0.2, 0) is 6.54 Å². The van der Waals surface area contributed by atoms with Gasteiger partial charge in [-0.25, -0.2) is 0 Å². The Bertz CT molecular complexity index is 582. The number of hydrogen-bond donors (Lipinski definition) is 3. The van der Waals surface area contributed by atoms with Gasteiger partial charge in [-0.05, 0) is 39.5 Å². The van der Waals surface area contributed by atoms with E-state index in [0.717, 1.165) is 9.35 Å². The number of carbonyl (C=O) groups excluding carboxylic acids is 1. The van der Waals surface area contributed by atoms with Crippen molar-refractivity contribution in [1.82, 2.24) is 5.32 Å². The van der Waals surface area contributed by atoms with E-state index in [1.165, 1.54) is 29.5 Å². The first-order valence-electron chi connectivity index (χ1n) is 5.10. The Balaban J connectivity index is 2.09. The third-order valence-corrected chi connectivity index (χ3v) is 4.29. The van der Waals surface area contributed by atoms with Gasteiger partial charge in [0, 0.05) is 9.35 Å². The Labute approximate surface area is 116 Å². The summed E-state index contributed by atoms with van der Waals surface area (Å²) in [5.74, 6) is -1.14. The molecule has 3 N–H and O–H groups in total. The van der Waals surface area contributed by atoms with Crippen molar-refractivity contribution >= 4 is 33.2 Å². The summed E-state index contributed by atoms with van der Waals surface area (Å²) >= 11 is 4.89. The van der Waals surface area contributed by atoms with E-state index >= 15 is 0 Å². The Morgan fingerprint density at radius 2 is 2.11 bits per heavy atom. The zero-order chi connectivity index (χ0) is 13.1. The van der Waals surface area contributed by atoms with Crippen molar-refractivity contribution in [2.75, 3.05) is 0 Å². The van der Waals surface area contributed by atoms with Crippen LogP contribution in [0, 0.1) is 0 Å². The zero-order valence-electron chi connectivity index (χ0n) is 9.18. The summed E-state index contributed by atoms with van der Waals surface area (Å²) in [6.45, 7) is 0.367. The van der Waals surface area contributed by atoms with Crippen molar-refractivity contribution in [3.05, 3.63) is 44.6 Å². The van der Waals surface area contributed by atoms with Crippen LogP contribution in [-0.4, -0.2) is 16.1 Å². The van der Waals surface area contributed by atoms with Gasteiger partial charge in [-0.15, -0.1) is 11.3 Å². The SMILES string of the molecule is O=C(NCc1sccc1Br)c1cccc(O)c1O. The summed E-state index contributed by atoms with van der Waals surface area (Å²) in [4.78, 5) is 12.8. The number of hydrogen-bond acceptors (Lipinski definition) is 4. The number of thiophene rings is 1. The van der Waals surface area contributed by atoms with E-state index in [1.807, 2.05) is 11.4 Å². The molecule has 0 aliphatic carbocycles. The second kappa shape index (κ2) is 5.41. The first kappa shape index (κ1) is 12.9. The summed E-state index contributed by atoms with van der Waals surface area (Å²) in [6.07, 6.45) is 0. The monoisotopic (exact) mass is 327 g/mol. The standard InChI is InChI=1S/C12H10BrNO3S/c13-8-4-5-18-10(8)6-14-12(17)7-2-1-3-9(15)11(7)16/h1-5,15-16H,6H2,(H,14,17). The van der Waals surface area contributed by atoms with E-state index in [4.69, 9.17) is 0 Å². The average molecular weight is 328 g/mol. The van der Waals surface area contributed by atoms with Gasteiger partial charge in [-0.1, -0.05) is 6.07 Å². The fraction of sp³-hybridized carbons (Fsp3) is 0.0833. The largest absolute Gasteiger partial charge is 0.504 e. The van der Waals surface area contributed by atoms with Crippen molar-refractivity contribution < 1.29 is 15.0 Å². The molecule has 1 heterocycles. The number of para-hydroxylation sites is 1. The first-order valence-corrected chi connectivity index (χ1v) is 6.78. The van der Waals surface area contributed by atoms with Crippen LogP contribution in [0.5, 0.6) is 11.5 Å². The van der Waals surface area contributed by atoms with E-state index < -0.39 is 11.7 Å². The van der Waals surface area contributed by atoms with Gasteiger partial charge < -0.3 is 15.5 Å². The lowest BCUT2D eigenvalue weighted by Crippen LogP contribution is -2.22. The minimum absolute atomic E-state index is 0.0580. The number of phenols is 2. The van der Waals surface area contributed by atoms with Gasteiger partial charge in [0.05, 0.1) is 12.1 Å². The predicted octanol–water partition coefficient (Wildman–Crippen LogP) is 2.85. The highest BCUT2D eigenvalue weighted by molar-refractivity contribution is 9.10. The van der Waals surface area contributed by atoms with Crippen molar-refractivity contribution in [2.24, 2.45) is 0 Å². The number of phenolic OH excluding ortho intramolecular Hbond substituents is 2. The smallest absolute Gasteiger partial charge is 0.255 e. The van der Waals surface area contributed by atoms with Crippen molar-refractivity contribution in [2.45, 2.75) is 6.54 Å². The van der Waals surface area contributed by atoms with Crippen LogP contribution in [0.4, 0.5) is 0 Å². The lowest BCUT2D eigenvalue weighted by Gasteiger charge is -2.07. The molecule has 18 heavy (non-hydrogen) atoms. The highest BCUT2D eigenvalue weighted by atomic mass is 79.9. The highest BCUT2D eigenvalue weighted by Crippen LogP contribution is 2.28. The molecule has 0 fully saturated rings. The summed E-state index contributed by atoms with van der Waals surface area (Å²) in [5.41, 5.74) is 0.0580. The van der Waals surface area contributed by atoms with E-state index in [1.54, 1.807) is 0 Å². The molecule has 0 radical (unpaired) electrons. The molecule has 2 rings (SSSR count). The third kappa shape index (κ3) is 2.65. The molecule has 4 nitrogen and oxygen atoms in total. The molecule has 0 bridgehead atoms. The number of halogens is 1. The maximum absolute atomic E-state index is 11.8. The minimum atomic E-state index is -0.427. The molecule has 1 aromatic carbocycles. The maximum Gasteiger partial charge on any atom is 0.255 e.